The first-order valence-electron chi connectivity index (χ1n) is 18.3. The highest BCUT2D eigenvalue weighted by Gasteiger charge is 2.34. The smallest absolute Gasteiger partial charge is 0.240 e. The molecule has 1 heterocycles. The summed E-state index contributed by atoms with van der Waals surface area (Å²) in [6, 6.07) is -0.855. The molecule has 2 unspecified atom stereocenters. The largest absolute Gasteiger partial charge is 0.382 e. The van der Waals surface area contributed by atoms with Gasteiger partial charge in [-0.05, 0) is 18.8 Å². The minimum absolute atomic E-state index is 0.151. The lowest BCUT2D eigenvalue weighted by Crippen LogP contribution is -2.51. The van der Waals surface area contributed by atoms with Gasteiger partial charge in [0.2, 0.25) is 29.5 Å². The molecule has 0 aromatic rings. The topological polar surface area (TPSA) is 204 Å². The van der Waals surface area contributed by atoms with Gasteiger partial charge in [-0.3, -0.25) is 28.9 Å². The van der Waals surface area contributed by atoms with Crippen molar-refractivity contribution in [2.24, 2.45) is 17.6 Å². The van der Waals surface area contributed by atoms with E-state index in [0.717, 1.165) is 0 Å². The van der Waals surface area contributed by atoms with Crippen molar-refractivity contribution in [3.05, 3.63) is 0 Å². The molecule has 1 rings (SSSR count). The first-order valence-corrected chi connectivity index (χ1v) is 18.3. The highest BCUT2D eigenvalue weighted by molar-refractivity contribution is 6.03. The summed E-state index contributed by atoms with van der Waals surface area (Å²) in [5.74, 6) is -2.19. The molecule has 2 atom stereocenters. The molecule has 302 valence electrons. The first-order chi connectivity index (χ1) is 25.1. The van der Waals surface area contributed by atoms with Crippen LogP contribution in [-0.2, 0) is 61.9 Å². The average molecular weight is 749 g/mol. The van der Waals surface area contributed by atoms with Crippen molar-refractivity contribution < 1.29 is 61.9 Å². The predicted octanol–water partition coefficient (Wildman–Crippen LogP) is 0.159. The van der Waals surface area contributed by atoms with E-state index in [1.165, 1.54) is 9.80 Å². The van der Waals surface area contributed by atoms with Crippen molar-refractivity contribution in [3.8, 4) is 0 Å². The Balaban J connectivity index is 2.18. The fourth-order valence-electron chi connectivity index (χ4n) is 4.95. The van der Waals surface area contributed by atoms with Crippen LogP contribution in [0.1, 0.15) is 52.9 Å². The fraction of sp³-hybridized carbons (Fsp3) is 0.857. The molecule has 5 amide bonds. The number of likely N-dealkylation sites (tertiary alicyclic amines) is 1. The van der Waals surface area contributed by atoms with E-state index in [2.05, 4.69) is 5.32 Å². The summed E-state index contributed by atoms with van der Waals surface area (Å²) in [5, 5.41) is 2.62. The molecule has 0 spiro atoms. The summed E-state index contributed by atoms with van der Waals surface area (Å²) in [7, 11) is 1.63. The number of primary amides is 1. The van der Waals surface area contributed by atoms with Gasteiger partial charge >= 0.3 is 0 Å². The maximum atomic E-state index is 13.1. The highest BCUT2D eigenvalue weighted by Crippen LogP contribution is 2.19. The Morgan fingerprint density at radius 2 is 1.21 bits per heavy atom. The molecule has 1 aliphatic heterocycles. The Bertz CT molecular complexity index is 1000. The van der Waals surface area contributed by atoms with Crippen molar-refractivity contribution in [2.75, 3.05) is 126 Å². The third-order valence-electron chi connectivity index (χ3n) is 7.89. The van der Waals surface area contributed by atoms with E-state index in [0.29, 0.717) is 112 Å². The number of carbonyl (C=O) groups is 5. The summed E-state index contributed by atoms with van der Waals surface area (Å²) in [6.45, 7) is 12.0. The number of nitrogens with one attached hydrogen (secondary N) is 1. The number of unbranched alkanes of at least 4 members (excludes halogenated alkanes) is 2. The van der Waals surface area contributed by atoms with Crippen LogP contribution < -0.4 is 11.1 Å². The van der Waals surface area contributed by atoms with Crippen LogP contribution in [0.3, 0.4) is 0 Å². The Labute approximate surface area is 308 Å². The zero-order valence-electron chi connectivity index (χ0n) is 31.8. The van der Waals surface area contributed by atoms with Crippen LogP contribution in [0.25, 0.3) is 0 Å². The number of hydrogen-bond donors (Lipinski definition) is 2. The predicted molar refractivity (Wildman–Crippen MR) is 189 cm³/mol. The molecule has 0 aromatic heterocycles. The molecule has 0 radical (unpaired) electrons. The highest BCUT2D eigenvalue weighted by atomic mass is 16.6. The van der Waals surface area contributed by atoms with Gasteiger partial charge in [0.1, 0.15) is 6.04 Å². The average Bonchev–Trinajstić information content (AvgIpc) is 3.35. The van der Waals surface area contributed by atoms with Gasteiger partial charge in [0, 0.05) is 39.0 Å². The lowest BCUT2D eigenvalue weighted by molar-refractivity contribution is -0.139. The second-order valence-corrected chi connectivity index (χ2v) is 12.6. The SMILES string of the molecule is COCCOCCOCCOCCOCCOCCOCCOCCN(CC(=O)NC(C(N)=O)C(C)C)C(=O)CCCCCN1C(=O)CC(C)C1=O. The zero-order valence-corrected chi connectivity index (χ0v) is 31.8. The Morgan fingerprint density at radius 3 is 1.62 bits per heavy atom. The minimum atomic E-state index is -0.855. The zero-order chi connectivity index (χ0) is 38.4. The van der Waals surface area contributed by atoms with Crippen LogP contribution in [-0.4, -0.2) is 171 Å². The molecule has 1 fully saturated rings. The molecule has 17 nitrogen and oxygen atoms in total. The molecule has 52 heavy (non-hydrogen) atoms. The van der Waals surface area contributed by atoms with E-state index in [1.807, 2.05) is 0 Å². The van der Waals surface area contributed by atoms with Crippen LogP contribution in [0, 0.1) is 11.8 Å². The monoisotopic (exact) mass is 748 g/mol. The molecular weight excluding hydrogens is 684 g/mol. The maximum Gasteiger partial charge on any atom is 0.240 e. The normalized spacial score (nSPS) is 15.1. The van der Waals surface area contributed by atoms with Crippen molar-refractivity contribution in [2.45, 2.75) is 58.9 Å². The van der Waals surface area contributed by atoms with Gasteiger partial charge in [-0.2, -0.15) is 0 Å². The Morgan fingerprint density at radius 1 is 0.750 bits per heavy atom. The van der Waals surface area contributed by atoms with Gasteiger partial charge in [0.05, 0.1) is 106 Å². The van der Waals surface area contributed by atoms with Crippen molar-refractivity contribution in [3.63, 3.8) is 0 Å². The Kier molecular flexibility index (Phi) is 27.9. The first kappa shape index (κ1) is 47.3. The van der Waals surface area contributed by atoms with Crippen LogP contribution in [0.4, 0.5) is 0 Å². The number of nitrogens with zero attached hydrogens (tertiary/aromatic N) is 2. The quantitative estimate of drug-likeness (QED) is 0.0656. The number of carbonyl (C=O) groups excluding carboxylic acids is 5. The molecule has 0 saturated carbocycles. The van der Waals surface area contributed by atoms with Crippen LogP contribution in [0.5, 0.6) is 0 Å². The van der Waals surface area contributed by atoms with Crippen molar-refractivity contribution >= 4 is 29.5 Å². The minimum Gasteiger partial charge on any atom is -0.382 e. The van der Waals surface area contributed by atoms with Crippen LogP contribution in [0.2, 0.25) is 0 Å². The van der Waals surface area contributed by atoms with Gasteiger partial charge in [0.15, 0.2) is 0 Å². The second-order valence-electron chi connectivity index (χ2n) is 12.6. The molecule has 1 aliphatic rings. The molecular formula is C35H64N4O13. The Hall–Kier alpha value is -2.77. The van der Waals surface area contributed by atoms with Gasteiger partial charge in [-0.25, -0.2) is 0 Å². The number of rotatable bonds is 35. The summed E-state index contributed by atoms with van der Waals surface area (Å²) >= 11 is 0. The number of ether oxygens (including phenoxy) is 8. The lowest BCUT2D eigenvalue weighted by Gasteiger charge is -2.25. The second kappa shape index (κ2) is 30.7. The summed E-state index contributed by atoms with van der Waals surface area (Å²) in [6.07, 6.45) is 2.18. The van der Waals surface area contributed by atoms with Gasteiger partial charge in [-0.1, -0.05) is 27.2 Å². The van der Waals surface area contributed by atoms with Gasteiger partial charge < -0.3 is 53.8 Å². The van der Waals surface area contributed by atoms with E-state index in [4.69, 9.17) is 43.6 Å². The van der Waals surface area contributed by atoms with Crippen molar-refractivity contribution in [1.82, 2.24) is 15.1 Å². The van der Waals surface area contributed by atoms with E-state index < -0.39 is 17.9 Å². The van der Waals surface area contributed by atoms with Crippen molar-refractivity contribution in [1.29, 1.82) is 0 Å². The van der Waals surface area contributed by atoms with E-state index >= 15 is 0 Å². The molecule has 0 bridgehead atoms. The standard InChI is InChI=1S/C35H64N4O13/c1-28(2)33(34(36)43)37-30(40)27-38(31(41)8-6-5-7-9-39-32(42)26-29(3)35(39)44)10-11-46-14-15-48-18-19-50-22-23-52-25-24-51-21-20-49-17-16-47-13-12-45-4/h28-29,33H,5-27H2,1-4H3,(H2,36,43)(H,37,40). The summed E-state index contributed by atoms with van der Waals surface area (Å²) in [5.41, 5.74) is 5.43. The third kappa shape index (κ3) is 23.0. The number of nitrogens with two attached hydrogens (primary N) is 1. The fourth-order valence-corrected chi connectivity index (χ4v) is 4.95. The van der Waals surface area contributed by atoms with Crippen LogP contribution >= 0.6 is 0 Å². The van der Waals surface area contributed by atoms with Gasteiger partial charge in [-0.15, -0.1) is 0 Å². The third-order valence-corrected chi connectivity index (χ3v) is 7.89. The van der Waals surface area contributed by atoms with E-state index in [-0.39, 0.29) is 68.7 Å². The van der Waals surface area contributed by atoms with Gasteiger partial charge in [0.25, 0.3) is 0 Å². The number of amides is 5. The van der Waals surface area contributed by atoms with Crippen LogP contribution in [0.15, 0.2) is 0 Å². The maximum absolute atomic E-state index is 13.1. The molecule has 0 aromatic carbocycles. The summed E-state index contributed by atoms with van der Waals surface area (Å²) in [4.78, 5) is 64.3. The van der Waals surface area contributed by atoms with E-state index in [1.54, 1.807) is 27.9 Å². The molecule has 17 heteroatoms. The van der Waals surface area contributed by atoms with E-state index in [9.17, 15) is 24.0 Å². The molecule has 0 aliphatic carbocycles. The number of imide groups is 1. The summed E-state index contributed by atoms with van der Waals surface area (Å²) < 4.78 is 43.2. The number of hydrogen-bond acceptors (Lipinski definition) is 13. The molecule has 1 saturated heterocycles. The lowest BCUT2D eigenvalue weighted by atomic mass is 10.0. The number of methoxy groups -OCH3 is 1. The molecule has 3 N–H and O–H groups in total.